The van der Waals surface area contributed by atoms with Gasteiger partial charge in [0, 0.05) is 5.56 Å². The van der Waals surface area contributed by atoms with E-state index in [9.17, 15) is 0 Å². The van der Waals surface area contributed by atoms with Crippen LogP contribution in [-0.2, 0) is 0 Å². The molecule has 1 aromatic heterocycles. The number of rotatable bonds is 2. The molecule has 0 fully saturated rings. The molecule has 0 aliphatic rings. The molecule has 0 spiro atoms. The molecule has 1 aromatic carbocycles. The maximum absolute atomic E-state index is 5.40. The first-order valence-electron chi connectivity index (χ1n) is 4.87. The molecule has 2 rings (SSSR count). The van der Waals surface area contributed by atoms with E-state index in [1.807, 2.05) is 26.0 Å². The second kappa shape index (κ2) is 3.84. The predicted molar refractivity (Wildman–Crippen MR) is 60.2 cm³/mol. The highest BCUT2D eigenvalue weighted by Gasteiger charge is 2.13. The van der Waals surface area contributed by atoms with Crippen molar-refractivity contribution in [3.05, 3.63) is 23.3 Å². The Morgan fingerprint density at radius 3 is 2.50 bits per heavy atom. The fourth-order valence-corrected chi connectivity index (χ4v) is 1.59. The van der Waals surface area contributed by atoms with Gasteiger partial charge in [0.1, 0.15) is 5.75 Å². The Morgan fingerprint density at radius 1 is 1.19 bits per heavy atom. The van der Waals surface area contributed by atoms with E-state index in [1.165, 1.54) is 0 Å². The Balaban J connectivity index is 2.55. The van der Waals surface area contributed by atoms with E-state index in [0.717, 1.165) is 22.4 Å². The van der Waals surface area contributed by atoms with Gasteiger partial charge in [0.25, 0.3) is 0 Å². The lowest BCUT2D eigenvalue weighted by atomic mass is 10.0. The number of nitrogens with two attached hydrogens (primary N) is 1. The first-order valence-corrected chi connectivity index (χ1v) is 4.87. The van der Waals surface area contributed by atoms with Crippen molar-refractivity contribution in [1.82, 2.24) is 10.2 Å². The van der Waals surface area contributed by atoms with Gasteiger partial charge in [-0.1, -0.05) is 5.10 Å². The summed E-state index contributed by atoms with van der Waals surface area (Å²) in [6.45, 7) is 3.96. The summed E-state index contributed by atoms with van der Waals surface area (Å²) in [5.74, 6) is 1.27. The summed E-state index contributed by atoms with van der Waals surface area (Å²) in [6.07, 6.45) is 0. The largest absolute Gasteiger partial charge is 0.496 e. The lowest BCUT2D eigenvalue weighted by Gasteiger charge is -2.09. The maximum atomic E-state index is 5.40. The highest BCUT2D eigenvalue weighted by molar-refractivity contribution is 5.63. The number of hydrogen-bond acceptors (Lipinski definition) is 5. The van der Waals surface area contributed by atoms with Crippen LogP contribution in [0, 0.1) is 13.8 Å². The summed E-state index contributed by atoms with van der Waals surface area (Å²) in [5.41, 5.74) is 8.37. The zero-order valence-corrected chi connectivity index (χ0v) is 9.44. The van der Waals surface area contributed by atoms with Gasteiger partial charge in [-0.3, -0.25) is 0 Å². The smallest absolute Gasteiger partial charge is 0.313 e. The average Bonchev–Trinajstić information content (AvgIpc) is 2.69. The second-order valence-corrected chi connectivity index (χ2v) is 3.51. The predicted octanol–water partition coefficient (Wildman–Crippen LogP) is 1.94. The van der Waals surface area contributed by atoms with Gasteiger partial charge in [0.05, 0.1) is 7.11 Å². The van der Waals surface area contributed by atoms with Gasteiger partial charge in [0.15, 0.2) is 0 Å². The molecule has 2 N–H and O–H groups in total. The van der Waals surface area contributed by atoms with Crippen molar-refractivity contribution in [2.75, 3.05) is 12.8 Å². The van der Waals surface area contributed by atoms with Crippen LogP contribution < -0.4 is 10.5 Å². The van der Waals surface area contributed by atoms with Crippen LogP contribution in [0.15, 0.2) is 16.5 Å². The van der Waals surface area contributed by atoms with Crippen molar-refractivity contribution in [2.24, 2.45) is 0 Å². The van der Waals surface area contributed by atoms with E-state index in [4.69, 9.17) is 14.9 Å². The van der Waals surface area contributed by atoms with E-state index in [1.54, 1.807) is 7.11 Å². The monoisotopic (exact) mass is 219 g/mol. The third-order valence-corrected chi connectivity index (χ3v) is 2.63. The maximum Gasteiger partial charge on any atom is 0.313 e. The summed E-state index contributed by atoms with van der Waals surface area (Å²) < 4.78 is 10.4. The SMILES string of the molecule is COc1ccc(-c2nnc(N)o2)c(C)c1C. The number of nitrogen functional groups attached to an aromatic ring is 1. The number of aromatic nitrogens is 2. The van der Waals surface area contributed by atoms with Gasteiger partial charge < -0.3 is 14.9 Å². The molecule has 5 heteroatoms. The van der Waals surface area contributed by atoms with Crippen molar-refractivity contribution in [1.29, 1.82) is 0 Å². The van der Waals surface area contributed by atoms with Crippen LogP contribution in [0.5, 0.6) is 5.75 Å². The Bertz CT molecular complexity index is 520. The second-order valence-electron chi connectivity index (χ2n) is 3.51. The molecular weight excluding hydrogens is 206 g/mol. The highest BCUT2D eigenvalue weighted by Crippen LogP contribution is 2.30. The number of nitrogens with zero attached hydrogens (tertiary/aromatic N) is 2. The zero-order valence-electron chi connectivity index (χ0n) is 9.44. The van der Waals surface area contributed by atoms with Crippen LogP contribution in [0.25, 0.3) is 11.5 Å². The Labute approximate surface area is 93.2 Å². The molecule has 2 aromatic rings. The number of methoxy groups -OCH3 is 1. The van der Waals surface area contributed by atoms with Crippen molar-refractivity contribution in [3.8, 4) is 17.2 Å². The molecule has 0 aliphatic heterocycles. The van der Waals surface area contributed by atoms with Gasteiger partial charge in [0.2, 0.25) is 5.89 Å². The molecule has 0 radical (unpaired) electrons. The Kier molecular flexibility index (Phi) is 2.52. The summed E-state index contributed by atoms with van der Waals surface area (Å²) in [5, 5.41) is 7.50. The van der Waals surface area contributed by atoms with Gasteiger partial charge in [-0.15, -0.1) is 5.10 Å². The summed E-state index contributed by atoms with van der Waals surface area (Å²) in [6, 6.07) is 3.83. The average molecular weight is 219 g/mol. The Morgan fingerprint density at radius 2 is 1.94 bits per heavy atom. The van der Waals surface area contributed by atoms with Crippen LogP contribution in [-0.4, -0.2) is 17.3 Å². The summed E-state index contributed by atoms with van der Waals surface area (Å²) >= 11 is 0. The molecular formula is C11H13N3O2. The fourth-order valence-electron chi connectivity index (χ4n) is 1.59. The quantitative estimate of drug-likeness (QED) is 0.835. The van der Waals surface area contributed by atoms with E-state index in [0.29, 0.717) is 5.89 Å². The molecule has 0 saturated carbocycles. The molecule has 0 aliphatic carbocycles. The molecule has 5 nitrogen and oxygen atoms in total. The van der Waals surface area contributed by atoms with Crippen LogP contribution in [0.1, 0.15) is 11.1 Å². The number of ether oxygens (including phenoxy) is 1. The summed E-state index contributed by atoms with van der Waals surface area (Å²) in [7, 11) is 1.64. The highest BCUT2D eigenvalue weighted by atomic mass is 16.5. The van der Waals surface area contributed by atoms with Crippen LogP contribution >= 0.6 is 0 Å². The minimum absolute atomic E-state index is 0.0721. The number of benzene rings is 1. The molecule has 84 valence electrons. The number of hydrogen-bond donors (Lipinski definition) is 1. The van der Waals surface area contributed by atoms with Crippen molar-refractivity contribution >= 4 is 6.01 Å². The third kappa shape index (κ3) is 1.60. The van der Waals surface area contributed by atoms with E-state index < -0.39 is 0 Å². The molecule has 0 bridgehead atoms. The molecule has 1 heterocycles. The number of anilines is 1. The van der Waals surface area contributed by atoms with Gasteiger partial charge in [-0.05, 0) is 37.1 Å². The topological polar surface area (TPSA) is 74.2 Å². The first-order chi connectivity index (χ1) is 7.63. The fraction of sp³-hybridized carbons (Fsp3) is 0.273. The van der Waals surface area contributed by atoms with Gasteiger partial charge >= 0.3 is 6.01 Å². The van der Waals surface area contributed by atoms with Crippen LogP contribution in [0.2, 0.25) is 0 Å². The Hall–Kier alpha value is -2.04. The third-order valence-electron chi connectivity index (χ3n) is 2.63. The standard InChI is InChI=1S/C11H13N3O2/c1-6-7(2)9(15-3)5-4-8(6)10-13-14-11(12)16-10/h4-5H,1-3H3,(H2,12,14). The lowest BCUT2D eigenvalue weighted by molar-refractivity contribution is 0.411. The van der Waals surface area contributed by atoms with Crippen molar-refractivity contribution in [3.63, 3.8) is 0 Å². The van der Waals surface area contributed by atoms with Crippen molar-refractivity contribution < 1.29 is 9.15 Å². The van der Waals surface area contributed by atoms with Crippen LogP contribution in [0.3, 0.4) is 0 Å². The molecule has 16 heavy (non-hydrogen) atoms. The minimum Gasteiger partial charge on any atom is -0.496 e. The zero-order chi connectivity index (χ0) is 11.7. The lowest BCUT2D eigenvalue weighted by Crippen LogP contribution is -1.93. The molecule has 0 saturated heterocycles. The molecule has 0 amide bonds. The van der Waals surface area contributed by atoms with E-state index in [-0.39, 0.29) is 6.01 Å². The summed E-state index contributed by atoms with van der Waals surface area (Å²) in [4.78, 5) is 0. The van der Waals surface area contributed by atoms with E-state index >= 15 is 0 Å². The minimum atomic E-state index is 0.0721. The van der Waals surface area contributed by atoms with Crippen LogP contribution in [0.4, 0.5) is 6.01 Å². The van der Waals surface area contributed by atoms with Gasteiger partial charge in [-0.2, -0.15) is 0 Å². The normalized spacial score (nSPS) is 10.4. The first kappa shape index (κ1) is 10.5. The van der Waals surface area contributed by atoms with Crippen molar-refractivity contribution in [2.45, 2.75) is 13.8 Å². The molecule has 0 unspecified atom stereocenters. The van der Waals surface area contributed by atoms with E-state index in [2.05, 4.69) is 10.2 Å². The van der Waals surface area contributed by atoms with Gasteiger partial charge in [-0.25, -0.2) is 0 Å². The molecule has 0 atom stereocenters.